The molecule has 100 valence electrons. The number of methoxy groups -OCH3 is 1. The largest absolute Gasteiger partial charge is 0.497 e. The van der Waals surface area contributed by atoms with Crippen molar-refractivity contribution in [3.8, 4) is 22.6 Å². The topological polar surface area (TPSA) is 14.2 Å². The molecule has 0 aliphatic heterocycles. The monoisotopic (exact) mass is 299 g/mol. The maximum atomic E-state index is 5.48. The molecule has 0 saturated carbocycles. The normalized spacial score (nSPS) is 10.4. The fourth-order valence-corrected chi connectivity index (χ4v) is 3.25. The molecule has 0 spiro atoms. The minimum Gasteiger partial charge on any atom is -0.497 e. The lowest BCUT2D eigenvalue weighted by atomic mass is 10.1. The Kier molecular flexibility index (Phi) is 3.67. The molecule has 0 bridgehead atoms. The van der Waals surface area contributed by atoms with Gasteiger partial charge in [0.1, 0.15) is 9.57 Å². The van der Waals surface area contributed by atoms with Crippen molar-refractivity contribution >= 4 is 23.8 Å². The number of hydrogen-bond acceptors (Lipinski definition) is 3. The molecule has 20 heavy (non-hydrogen) atoms. The van der Waals surface area contributed by atoms with Crippen LogP contribution in [-0.2, 0) is 0 Å². The summed E-state index contributed by atoms with van der Waals surface area (Å²) in [5.41, 5.74) is 3.34. The number of ether oxygens (including phenoxy) is 1. The van der Waals surface area contributed by atoms with Gasteiger partial charge in [-0.15, -0.1) is 0 Å². The van der Waals surface area contributed by atoms with Crippen molar-refractivity contribution in [1.82, 2.24) is 3.96 Å². The van der Waals surface area contributed by atoms with Crippen LogP contribution in [0.5, 0.6) is 5.75 Å². The first-order valence-electron chi connectivity index (χ1n) is 6.21. The summed E-state index contributed by atoms with van der Waals surface area (Å²) in [7, 11) is 1.67. The van der Waals surface area contributed by atoms with E-state index in [2.05, 4.69) is 22.3 Å². The molecule has 3 aromatic rings. The first kappa shape index (κ1) is 13.1. The molecule has 0 aliphatic carbocycles. The zero-order valence-electron chi connectivity index (χ0n) is 10.9. The van der Waals surface area contributed by atoms with Crippen molar-refractivity contribution in [2.45, 2.75) is 0 Å². The molecule has 0 atom stereocenters. The Morgan fingerprint density at radius 2 is 1.70 bits per heavy atom. The zero-order valence-corrected chi connectivity index (χ0v) is 12.6. The average Bonchev–Trinajstić information content (AvgIpc) is 2.90. The molecule has 0 saturated heterocycles. The Morgan fingerprint density at radius 1 is 1.00 bits per heavy atom. The van der Waals surface area contributed by atoms with Crippen molar-refractivity contribution in [3.05, 3.63) is 64.6 Å². The van der Waals surface area contributed by atoms with Gasteiger partial charge in [0.05, 0.1) is 12.8 Å². The third kappa shape index (κ3) is 2.53. The van der Waals surface area contributed by atoms with E-state index in [4.69, 9.17) is 17.0 Å². The SMILES string of the molecule is COc1ccc(-n2cc(-c3ccccc3)c(=S)s2)cc1. The van der Waals surface area contributed by atoms with E-state index in [-0.39, 0.29) is 0 Å². The molecule has 0 N–H and O–H groups in total. The van der Waals surface area contributed by atoms with E-state index in [0.717, 1.165) is 26.4 Å². The summed E-state index contributed by atoms with van der Waals surface area (Å²) in [6, 6.07) is 18.2. The van der Waals surface area contributed by atoms with Crippen LogP contribution in [0.3, 0.4) is 0 Å². The van der Waals surface area contributed by atoms with Crippen LogP contribution in [0.1, 0.15) is 0 Å². The van der Waals surface area contributed by atoms with Crippen LogP contribution in [0.25, 0.3) is 16.8 Å². The minimum atomic E-state index is 0.854. The molecule has 2 aromatic carbocycles. The Morgan fingerprint density at radius 3 is 2.35 bits per heavy atom. The lowest BCUT2D eigenvalue weighted by Crippen LogP contribution is -1.88. The molecule has 0 unspecified atom stereocenters. The minimum absolute atomic E-state index is 0.854. The van der Waals surface area contributed by atoms with Gasteiger partial charge in [0.2, 0.25) is 0 Å². The fourth-order valence-electron chi connectivity index (χ4n) is 2.00. The predicted octanol–water partition coefficient (Wildman–Crippen LogP) is 4.94. The molecule has 1 heterocycles. The molecular weight excluding hydrogens is 286 g/mol. The van der Waals surface area contributed by atoms with Gasteiger partial charge in [-0.1, -0.05) is 42.5 Å². The second kappa shape index (κ2) is 5.61. The first-order chi connectivity index (χ1) is 9.78. The van der Waals surface area contributed by atoms with E-state index in [1.165, 1.54) is 0 Å². The van der Waals surface area contributed by atoms with Gasteiger partial charge in [-0.25, -0.2) is 0 Å². The van der Waals surface area contributed by atoms with E-state index in [9.17, 15) is 0 Å². The van der Waals surface area contributed by atoms with Gasteiger partial charge in [-0.3, -0.25) is 3.96 Å². The summed E-state index contributed by atoms with van der Waals surface area (Å²) >= 11 is 7.04. The molecule has 2 nitrogen and oxygen atoms in total. The molecule has 4 heteroatoms. The van der Waals surface area contributed by atoms with E-state index in [1.54, 1.807) is 18.6 Å². The highest BCUT2D eigenvalue weighted by atomic mass is 32.2. The summed E-state index contributed by atoms with van der Waals surface area (Å²) in [5.74, 6) is 0.854. The van der Waals surface area contributed by atoms with Crippen molar-refractivity contribution in [3.63, 3.8) is 0 Å². The molecule has 0 aliphatic rings. The van der Waals surface area contributed by atoms with Crippen molar-refractivity contribution in [2.75, 3.05) is 7.11 Å². The van der Waals surface area contributed by atoms with Gasteiger partial charge in [-0.05, 0) is 41.4 Å². The quantitative estimate of drug-likeness (QED) is 0.636. The van der Waals surface area contributed by atoms with Crippen molar-refractivity contribution in [1.29, 1.82) is 0 Å². The zero-order chi connectivity index (χ0) is 13.9. The second-order valence-corrected chi connectivity index (χ2v) is 5.96. The molecule has 0 radical (unpaired) electrons. The van der Waals surface area contributed by atoms with Crippen LogP contribution in [0, 0.1) is 3.82 Å². The van der Waals surface area contributed by atoms with Crippen LogP contribution < -0.4 is 4.74 Å². The summed E-state index contributed by atoms with van der Waals surface area (Å²) in [6.45, 7) is 0. The van der Waals surface area contributed by atoms with Crippen LogP contribution >= 0.6 is 23.8 Å². The molecule has 0 amide bonds. The molecule has 0 fully saturated rings. The van der Waals surface area contributed by atoms with Crippen molar-refractivity contribution in [2.24, 2.45) is 0 Å². The highest BCUT2D eigenvalue weighted by Crippen LogP contribution is 2.27. The standard InChI is InChI=1S/C16H13NOS2/c1-18-14-9-7-13(8-10-14)17-11-15(16(19)20-17)12-5-3-2-4-6-12/h2-11H,1H3. The maximum Gasteiger partial charge on any atom is 0.119 e. The lowest BCUT2D eigenvalue weighted by molar-refractivity contribution is 0.415. The van der Waals surface area contributed by atoms with E-state index >= 15 is 0 Å². The maximum absolute atomic E-state index is 5.48. The van der Waals surface area contributed by atoms with Crippen molar-refractivity contribution < 1.29 is 4.74 Å². The third-order valence-corrected chi connectivity index (χ3v) is 4.40. The highest BCUT2D eigenvalue weighted by molar-refractivity contribution is 7.73. The second-order valence-electron chi connectivity index (χ2n) is 4.31. The van der Waals surface area contributed by atoms with Gasteiger partial charge in [0.15, 0.2) is 0 Å². The number of aromatic nitrogens is 1. The van der Waals surface area contributed by atoms with Gasteiger partial charge in [-0.2, -0.15) is 0 Å². The molecule has 1 aromatic heterocycles. The van der Waals surface area contributed by atoms with Crippen LogP contribution in [0.2, 0.25) is 0 Å². The summed E-state index contributed by atoms with van der Waals surface area (Å²) in [4.78, 5) is 0. The number of nitrogens with zero attached hydrogens (tertiary/aromatic N) is 1. The van der Waals surface area contributed by atoms with Crippen LogP contribution in [0.4, 0.5) is 0 Å². The molecular formula is C16H13NOS2. The van der Waals surface area contributed by atoms with Gasteiger partial charge in [0, 0.05) is 11.8 Å². The predicted molar refractivity (Wildman–Crippen MR) is 86.5 cm³/mol. The first-order valence-corrected chi connectivity index (χ1v) is 7.39. The molecule has 3 rings (SSSR count). The highest BCUT2D eigenvalue weighted by Gasteiger charge is 2.06. The number of benzene rings is 2. The Hall–Kier alpha value is -1.91. The summed E-state index contributed by atoms with van der Waals surface area (Å²) in [6.07, 6.45) is 2.09. The van der Waals surface area contributed by atoms with E-state index < -0.39 is 0 Å². The van der Waals surface area contributed by atoms with Gasteiger partial charge >= 0.3 is 0 Å². The summed E-state index contributed by atoms with van der Waals surface area (Å²) in [5, 5.41) is 0. The number of rotatable bonds is 3. The summed E-state index contributed by atoms with van der Waals surface area (Å²) < 4.78 is 8.16. The van der Waals surface area contributed by atoms with E-state index in [0.29, 0.717) is 0 Å². The third-order valence-electron chi connectivity index (χ3n) is 3.06. The lowest BCUT2D eigenvalue weighted by Gasteiger charge is -2.03. The Labute approximate surface area is 127 Å². The smallest absolute Gasteiger partial charge is 0.119 e. The van der Waals surface area contributed by atoms with E-state index in [1.807, 2.05) is 42.5 Å². The fraction of sp³-hybridized carbons (Fsp3) is 0.0625. The average molecular weight is 299 g/mol. The Bertz CT molecular complexity index is 757. The van der Waals surface area contributed by atoms with Crippen LogP contribution in [-0.4, -0.2) is 11.1 Å². The Balaban J connectivity index is 2.02. The van der Waals surface area contributed by atoms with Gasteiger partial charge < -0.3 is 4.74 Å². The number of hydrogen-bond donors (Lipinski definition) is 0. The van der Waals surface area contributed by atoms with Gasteiger partial charge in [0.25, 0.3) is 0 Å². The van der Waals surface area contributed by atoms with Crippen LogP contribution in [0.15, 0.2) is 60.8 Å².